The molecule has 1 fully saturated rings. The van der Waals surface area contributed by atoms with Crippen molar-refractivity contribution in [2.24, 2.45) is 0 Å². The molecule has 0 aliphatic carbocycles. The minimum Gasteiger partial charge on any atom is -0.378 e. The Hall–Kier alpha value is -2.97. The van der Waals surface area contributed by atoms with Crippen molar-refractivity contribution in [3.63, 3.8) is 0 Å². The number of nitrogens with one attached hydrogen (secondary N) is 2. The summed E-state index contributed by atoms with van der Waals surface area (Å²) in [6.07, 6.45) is 0. The third-order valence-corrected chi connectivity index (χ3v) is 5.74. The molecule has 7 nitrogen and oxygen atoms in total. The van der Waals surface area contributed by atoms with Gasteiger partial charge in [0.05, 0.1) is 12.6 Å². The molecular formula is C24H32FN5O2. The quantitative estimate of drug-likeness (QED) is 0.657. The van der Waals surface area contributed by atoms with Crippen molar-refractivity contribution in [3.05, 3.63) is 59.9 Å². The van der Waals surface area contributed by atoms with Crippen LogP contribution in [0, 0.1) is 5.82 Å². The number of piperazine rings is 1. The van der Waals surface area contributed by atoms with Crippen LogP contribution in [0.25, 0.3) is 0 Å². The van der Waals surface area contributed by atoms with E-state index < -0.39 is 0 Å². The van der Waals surface area contributed by atoms with Gasteiger partial charge < -0.3 is 15.5 Å². The average Bonchev–Trinajstić information content (AvgIpc) is 2.78. The number of amides is 2. The van der Waals surface area contributed by atoms with Gasteiger partial charge in [0, 0.05) is 58.2 Å². The van der Waals surface area contributed by atoms with Crippen LogP contribution in [-0.2, 0) is 16.1 Å². The van der Waals surface area contributed by atoms with Crippen molar-refractivity contribution in [2.45, 2.75) is 19.5 Å². The predicted molar refractivity (Wildman–Crippen MR) is 125 cm³/mol. The number of anilines is 2. The van der Waals surface area contributed by atoms with Gasteiger partial charge in [-0.05, 0) is 42.8 Å². The molecule has 0 aromatic heterocycles. The summed E-state index contributed by atoms with van der Waals surface area (Å²) in [5, 5.41) is 5.74. The first-order chi connectivity index (χ1) is 15.3. The van der Waals surface area contributed by atoms with Crippen molar-refractivity contribution in [1.29, 1.82) is 0 Å². The lowest BCUT2D eigenvalue weighted by atomic mass is 10.2. The smallest absolute Gasteiger partial charge is 0.241 e. The highest BCUT2D eigenvalue weighted by molar-refractivity contribution is 5.94. The van der Waals surface area contributed by atoms with E-state index in [0.29, 0.717) is 45.0 Å². The molecule has 0 radical (unpaired) electrons. The number of benzene rings is 2. The topological polar surface area (TPSA) is 67.9 Å². The molecule has 172 valence electrons. The Bertz CT molecular complexity index is 911. The van der Waals surface area contributed by atoms with Crippen LogP contribution in [0.3, 0.4) is 0 Å². The zero-order chi connectivity index (χ0) is 23.1. The molecule has 1 atom stereocenters. The highest BCUT2D eigenvalue weighted by atomic mass is 19.1. The molecule has 1 aliphatic heterocycles. The van der Waals surface area contributed by atoms with Gasteiger partial charge in [-0.25, -0.2) is 4.39 Å². The number of rotatable bonds is 8. The average molecular weight is 442 g/mol. The van der Waals surface area contributed by atoms with E-state index in [1.165, 1.54) is 12.1 Å². The van der Waals surface area contributed by atoms with Crippen LogP contribution in [0.1, 0.15) is 12.5 Å². The molecule has 1 heterocycles. The maximum atomic E-state index is 13.3. The molecule has 2 amide bonds. The predicted octanol–water partition coefficient (Wildman–Crippen LogP) is 2.15. The Morgan fingerprint density at radius 3 is 2.38 bits per heavy atom. The van der Waals surface area contributed by atoms with Gasteiger partial charge >= 0.3 is 0 Å². The van der Waals surface area contributed by atoms with Gasteiger partial charge in [0.25, 0.3) is 0 Å². The number of nitrogens with zero attached hydrogens (tertiary/aromatic N) is 3. The molecular weight excluding hydrogens is 409 g/mol. The molecule has 3 rings (SSSR count). The SMILES string of the molecule is CC(C(=O)Nc1cccc(F)c1)N1CCN(CC(=O)NCc2ccc(N(C)C)cc2)CC1. The maximum absolute atomic E-state index is 13.3. The summed E-state index contributed by atoms with van der Waals surface area (Å²) in [5.74, 6) is -0.554. The summed E-state index contributed by atoms with van der Waals surface area (Å²) in [6, 6.07) is 13.7. The monoisotopic (exact) mass is 441 g/mol. The van der Waals surface area contributed by atoms with Gasteiger partial charge in [-0.3, -0.25) is 19.4 Å². The maximum Gasteiger partial charge on any atom is 0.241 e. The Labute approximate surface area is 189 Å². The molecule has 0 saturated carbocycles. The highest BCUT2D eigenvalue weighted by Crippen LogP contribution is 2.13. The van der Waals surface area contributed by atoms with Crippen molar-refractivity contribution < 1.29 is 14.0 Å². The Morgan fingerprint density at radius 1 is 1.06 bits per heavy atom. The van der Waals surface area contributed by atoms with Crippen molar-refractivity contribution in [1.82, 2.24) is 15.1 Å². The third-order valence-electron chi connectivity index (χ3n) is 5.74. The Kier molecular flexibility index (Phi) is 8.19. The number of hydrogen-bond acceptors (Lipinski definition) is 5. The summed E-state index contributed by atoms with van der Waals surface area (Å²) in [6.45, 7) is 5.50. The highest BCUT2D eigenvalue weighted by Gasteiger charge is 2.26. The fraction of sp³-hybridized carbons (Fsp3) is 0.417. The Morgan fingerprint density at radius 2 is 1.75 bits per heavy atom. The molecule has 32 heavy (non-hydrogen) atoms. The van der Waals surface area contributed by atoms with Crippen molar-refractivity contribution >= 4 is 23.2 Å². The van der Waals surface area contributed by atoms with Crippen LogP contribution in [0.2, 0.25) is 0 Å². The lowest BCUT2D eigenvalue weighted by molar-refractivity contribution is -0.124. The van der Waals surface area contributed by atoms with Gasteiger partial charge in [-0.1, -0.05) is 18.2 Å². The summed E-state index contributed by atoms with van der Waals surface area (Å²) >= 11 is 0. The van der Waals surface area contributed by atoms with Crippen LogP contribution >= 0.6 is 0 Å². The summed E-state index contributed by atoms with van der Waals surface area (Å²) < 4.78 is 13.3. The first-order valence-corrected chi connectivity index (χ1v) is 10.9. The van der Waals surface area contributed by atoms with Crippen LogP contribution in [-0.4, -0.2) is 74.5 Å². The number of halogens is 1. The largest absolute Gasteiger partial charge is 0.378 e. The van der Waals surface area contributed by atoms with E-state index in [1.54, 1.807) is 12.1 Å². The number of carbonyl (C=O) groups is 2. The lowest BCUT2D eigenvalue weighted by Crippen LogP contribution is -2.54. The van der Waals surface area contributed by atoms with E-state index in [2.05, 4.69) is 20.4 Å². The summed E-state index contributed by atoms with van der Waals surface area (Å²) in [7, 11) is 3.99. The van der Waals surface area contributed by atoms with E-state index >= 15 is 0 Å². The van der Waals surface area contributed by atoms with Crippen molar-refractivity contribution in [3.8, 4) is 0 Å². The van der Waals surface area contributed by atoms with Gasteiger partial charge in [-0.15, -0.1) is 0 Å². The van der Waals surface area contributed by atoms with Gasteiger partial charge in [0.2, 0.25) is 11.8 Å². The Balaban J connectivity index is 1.39. The molecule has 2 aromatic carbocycles. The van der Waals surface area contributed by atoms with Gasteiger partial charge in [-0.2, -0.15) is 0 Å². The van der Waals surface area contributed by atoms with E-state index in [1.807, 2.05) is 50.2 Å². The van der Waals surface area contributed by atoms with Crippen LogP contribution in [0.15, 0.2) is 48.5 Å². The van der Waals surface area contributed by atoms with E-state index in [4.69, 9.17) is 0 Å². The molecule has 0 bridgehead atoms. The first kappa shape index (κ1) is 23.7. The first-order valence-electron chi connectivity index (χ1n) is 10.9. The minimum absolute atomic E-state index is 0.00738. The summed E-state index contributed by atoms with van der Waals surface area (Å²) in [4.78, 5) is 31.1. The zero-order valence-corrected chi connectivity index (χ0v) is 19.0. The molecule has 0 spiro atoms. The second kappa shape index (κ2) is 11.1. The molecule has 1 saturated heterocycles. The molecule has 1 unspecified atom stereocenters. The number of carbonyl (C=O) groups excluding carboxylic acids is 2. The fourth-order valence-corrected chi connectivity index (χ4v) is 3.66. The molecule has 8 heteroatoms. The van der Waals surface area contributed by atoms with Crippen LogP contribution in [0.5, 0.6) is 0 Å². The van der Waals surface area contributed by atoms with Crippen LogP contribution in [0.4, 0.5) is 15.8 Å². The van der Waals surface area contributed by atoms with E-state index in [0.717, 1.165) is 11.3 Å². The fourth-order valence-electron chi connectivity index (χ4n) is 3.66. The minimum atomic E-state index is -0.382. The summed E-state index contributed by atoms with van der Waals surface area (Å²) in [5.41, 5.74) is 2.64. The number of hydrogen-bond donors (Lipinski definition) is 2. The van der Waals surface area contributed by atoms with E-state index in [9.17, 15) is 14.0 Å². The van der Waals surface area contributed by atoms with E-state index in [-0.39, 0.29) is 23.7 Å². The lowest BCUT2D eigenvalue weighted by Gasteiger charge is -2.37. The molecule has 1 aliphatic rings. The second-order valence-corrected chi connectivity index (χ2v) is 8.33. The van der Waals surface area contributed by atoms with Gasteiger partial charge in [0.15, 0.2) is 0 Å². The molecule has 2 N–H and O–H groups in total. The zero-order valence-electron chi connectivity index (χ0n) is 19.0. The van der Waals surface area contributed by atoms with Crippen LogP contribution < -0.4 is 15.5 Å². The normalized spacial score (nSPS) is 15.8. The second-order valence-electron chi connectivity index (χ2n) is 8.33. The molecule has 2 aromatic rings. The standard InChI is InChI=1S/C24H32FN5O2/c1-18(24(32)27-21-6-4-5-20(25)15-21)30-13-11-29(12-14-30)17-23(31)26-16-19-7-9-22(10-8-19)28(2)3/h4-10,15,18H,11-14,16-17H2,1-3H3,(H,26,31)(H,27,32). The van der Waals surface area contributed by atoms with Gasteiger partial charge in [0.1, 0.15) is 5.82 Å². The third kappa shape index (κ3) is 6.77. The van der Waals surface area contributed by atoms with Crippen molar-refractivity contribution in [2.75, 3.05) is 57.0 Å².